The fraction of sp³-hybridized carbons (Fsp3) is 0.300. The molecule has 4 N–H and O–H groups in total. The predicted octanol–water partition coefficient (Wildman–Crippen LogP) is 0.857. The van der Waals surface area contributed by atoms with Crippen molar-refractivity contribution in [3.8, 4) is 5.75 Å². The van der Waals surface area contributed by atoms with Crippen molar-refractivity contribution in [3.63, 3.8) is 0 Å². The van der Waals surface area contributed by atoms with Gasteiger partial charge < -0.3 is 15.9 Å². The predicted molar refractivity (Wildman–Crippen MR) is 52.4 cm³/mol. The molecule has 0 bridgehead atoms. The molecule has 1 aromatic rings. The molecule has 0 aliphatic rings. The number of benzene rings is 1. The number of alkyl halides is 1. The Labute approximate surface area is 86.1 Å². The maximum absolute atomic E-state index is 12.7. The van der Waals surface area contributed by atoms with Gasteiger partial charge in [-0.25, -0.2) is 0 Å². The van der Waals surface area contributed by atoms with Crippen molar-refractivity contribution in [3.05, 3.63) is 29.8 Å². The first-order valence-electron chi connectivity index (χ1n) is 4.39. The molecule has 0 spiro atoms. The maximum Gasteiger partial charge on any atom is 0.321 e. The number of hydrogen-bond donors (Lipinski definition) is 3. The third-order valence-corrected chi connectivity index (χ3v) is 2.18. The van der Waals surface area contributed by atoms with Crippen molar-refractivity contribution in [1.82, 2.24) is 0 Å². The lowest BCUT2D eigenvalue weighted by Gasteiger charge is -2.17. The van der Waals surface area contributed by atoms with E-state index in [0.717, 1.165) is 0 Å². The highest BCUT2D eigenvalue weighted by Crippen LogP contribution is 2.23. The van der Waals surface area contributed by atoms with E-state index in [1.165, 1.54) is 24.3 Å². The van der Waals surface area contributed by atoms with E-state index in [-0.39, 0.29) is 5.75 Å². The number of phenolic OH excluding ortho intramolecular Hbond substituents is 1. The Hall–Kier alpha value is -1.62. The van der Waals surface area contributed by atoms with Gasteiger partial charge >= 0.3 is 5.97 Å². The molecule has 0 aromatic heterocycles. The number of aromatic hydroxyl groups is 1. The minimum absolute atomic E-state index is 0.0384. The van der Waals surface area contributed by atoms with Gasteiger partial charge in [0.25, 0.3) is 0 Å². The van der Waals surface area contributed by atoms with Crippen molar-refractivity contribution in [2.45, 2.75) is 12.0 Å². The Morgan fingerprint density at radius 2 is 2.20 bits per heavy atom. The Balaban J connectivity index is 2.97. The van der Waals surface area contributed by atoms with E-state index in [9.17, 15) is 9.18 Å². The average molecular weight is 212 g/mol. The summed E-state index contributed by atoms with van der Waals surface area (Å²) in [5.41, 5.74) is 5.71. The number of aliphatic carboxylic acids is 1. The molecule has 0 aliphatic carbocycles. The molecule has 0 amide bonds. The number of phenols is 1. The molecule has 0 heterocycles. The average Bonchev–Trinajstić information content (AvgIpc) is 2.18. The van der Waals surface area contributed by atoms with E-state index in [4.69, 9.17) is 15.9 Å². The fourth-order valence-corrected chi connectivity index (χ4v) is 1.32. The highest BCUT2D eigenvalue weighted by atomic mass is 18.2. The summed E-state index contributed by atoms with van der Waals surface area (Å²) in [6.45, 7) is -0.878. The second-order valence-electron chi connectivity index (χ2n) is 3.22. The van der Waals surface area contributed by atoms with Crippen LogP contribution in [0.3, 0.4) is 0 Å². The third-order valence-electron chi connectivity index (χ3n) is 2.18. The molecule has 0 radical (unpaired) electrons. The summed E-state index contributed by atoms with van der Waals surface area (Å²) in [5.74, 6) is -2.24. The highest BCUT2D eigenvalue weighted by molar-refractivity contribution is 5.74. The van der Waals surface area contributed by atoms with Gasteiger partial charge in [-0.05, 0) is 17.7 Å². The topological polar surface area (TPSA) is 83.6 Å². The van der Waals surface area contributed by atoms with Crippen molar-refractivity contribution >= 4 is 5.97 Å². The summed E-state index contributed by atoms with van der Waals surface area (Å²) in [6.07, 6.45) is 0. The Morgan fingerprint density at radius 1 is 1.53 bits per heavy atom. The largest absolute Gasteiger partial charge is 0.508 e. The molecule has 0 saturated heterocycles. The van der Waals surface area contributed by atoms with Gasteiger partial charge in [0.1, 0.15) is 11.8 Å². The first-order valence-corrected chi connectivity index (χ1v) is 4.39. The minimum Gasteiger partial charge on any atom is -0.508 e. The summed E-state index contributed by atoms with van der Waals surface area (Å²) in [5, 5.41) is 17.8. The van der Waals surface area contributed by atoms with Crippen molar-refractivity contribution in [1.29, 1.82) is 0 Å². The van der Waals surface area contributed by atoms with Gasteiger partial charge in [-0.1, -0.05) is 12.1 Å². The van der Waals surface area contributed by atoms with Crippen LogP contribution < -0.4 is 5.73 Å². The SMILES string of the molecule is NC(C(=O)O)C(C[18F])c1cccc(O)c1. The van der Waals surface area contributed by atoms with Crippen LogP contribution in [0.2, 0.25) is 0 Å². The number of nitrogens with two attached hydrogens (primary N) is 1. The van der Waals surface area contributed by atoms with Crippen LogP contribution in [0.15, 0.2) is 24.3 Å². The van der Waals surface area contributed by atoms with E-state index in [1.54, 1.807) is 0 Å². The second kappa shape index (κ2) is 4.75. The molecule has 0 fully saturated rings. The van der Waals surface area contributed by atoms with Crippen LogP contribution in [0, 0.1) is 0 Å². The number of rotatable bonds is 4. The van der Waals surface area contributed by atoms with E-state index in [1.807, 2.05) is 0 Å². The van der Waals surface area contributed by atoms with E-state index < -0.39 is 24.6 Å². The first-order chi connectivity index (χ1) is 7.06. The van der Waals surface area contributed by atoms with E-state index >= 15 is 0 Å². The molecule has 5 heteroatoms. The standard InChI is InChI=1S/C10H12FNO3/c11-5-8(9(12)10(14)15)6-2-1-3-7(13)4-6/h1-4,8-9,13H,5,12H2,(H,14,15)/i11-1. The molecular formula is C10H12FNO3. The van der Waals surface area contributed by atoms with Crippen molar-refractivity contribution in [2.75, 3.05) is 6.67 Å². The van der Waals surface area contributed by atoms with E-state index in [0.29, 0.717) is 5.56 Å². The van der Waals surface area contributed by atoms with Gasteiger partial charge in [-0.3, -0.25) is 9.18 Å². The van der Waals surface area contributed by atoms with Gasteiger partial charge in [0, 0.05) is 5.92 Å². The molecule has 0 saturated carbocycles. The van der Waals surface area contributed by atoms with Gasteiger partial charge in [-0.15, -0.1) is 0 Å². The number of hydrogen-bond acceptors (Lipinski definition) is 3. The molecule has 0 aliphatic heterocycles. The third kappa shape index (κ3) is 2.66. The zero-order valence-corrected chi connectivity index (χ0v) is 7.93. The summed E-state index contributed by atoms with van der Waals surface area (Å²) in [6, 6.07) is 4.48. The van der Waals surface area contributed by atoms with Crippen LogP contribution in [0.25, 0.3) is 0 Å². The van der Waals surface area contributed by atoms with Gasteiger partial charge in [0.2, 0.25) is 0 Å². The molecule has 15 heavy (non-hydrogen) atoms. The molecule has 1 rings (SSSR count). The minimum atomic E-state index is -1.31. The zero-order chi connectivity index (χ0) is 11.4. The molecule has 1 aromatic carbocycles. The second-order valence-corrected chi connectivity index (χ2v) is 3.22. The normalized spacial score (nSPS) is 14.5. The van der Waals surface area contributed by atoms with Crippen LogP contribution in [-0.4, -0.2) is 28.9 Å². The Kier molecular flexibility index (Phi) is 3.62. The van der Waals surface area contributed by atoms with Crippen molar-refractivity contribution in [2.24, 2.45) is 5.73 Å². The number of halogens is 1. The van der Waals surface area contributed by atoms with Gasteiger partial charge in [0.05, 0.1) is 6.67 Å². The quantitative estimate of drug-likeness (QED) is 0.691. The molecule has 2 unspecified atom stereocenters. The first kappa shape index (κ1) is 11.5. The number of carboxylic acid groups (broad SMARTS) is 1. The number of carbonyl (C=O) groups is 1. The van der Waals surface area contributed by atoms with Gasteiger partial charge in [0.15, 0.2) is 0 Å². The van der Waals surface area contributed by atoms with Gasteiger partial charge in [-0.2, -0.15) is 0 Å². The molecule has 4 nitrogen and oxygen atoms in total. The zero-order valence-electron chi connectivity index (χ0n) is 7.93. The molecule has 82 valence electrons. The fourth-order valence-electron chi connectivity index (χ4n) is 1.32. The molecular weight excluding hydrogens is 200 g/mol. The summed E-state index contributed by atoms with van der Waals surface area (Å²) >= 11 is 0. The summed E-state index contributed by atoms with van der Waals surface area (Å²) < 4.78 is 12.7. The Morgan fingerprint density at radius 3 is 2.67 bits per heavy atom. The lowest BCUT2D eigenvalue weighted by Crippen LogP contribution is -2.37. The summed E-state index contributed by atoms with van der Waals surface area (Å²) in [7, 11) is 0. The van der Waals surface area contributed by atoms with Crippen LogP contribution in [0.1, 0.15) is 11.5 Å². The molecule has 2 atom stereocenters. The van der Waals surface area contributed by atoms with Crippen molar-refractivity contribution < 1.29 is 19.4 Å². The number of carboxylic acids is 1. The van der Waals surface area contributed by atoms with Crippen LogP contribution >= 0.6 is 0 Å². The smallest absolute Gasteiger partial charge is 0.321 e. The Bertz CT molecular complexity index is 356. The highest BCUT2D eigenvalue weighted by Gasteiger charge is 2.25. The lowest BCUT2D eigenvalue weighted by atomic mass is 9.93. The lowest BCUT2D eigenvalue weighted by molar-refractivity contribution is -0.139. The van der Waals surface area contributed by atoms with Crippen LogP contribution in [0.4, 0.5) is 4.39 Å². The van der Waals surface area contributed by atoms with Crippen LogP contribution in [0.5, 0.6) is 5.75 Å². The van der Waals surface area contributed by atoms with Crippen LogP contribution in [-0.2, 0) is 4.79 Å². The monoisotopic (exact) mass is 212 g/mol. The van der Waals surface area contributed by atoms with E-state index in [2.05, 4.69) is 0 Å². The summed E-state index contributed by atoms with van der Waals surface area (Å²) in [4.78, 5) is 10.6. The maximum atomic E-state index is 12.7.